The van der Waals surface area contributed by atoms with Crippen LogP contribution in [-0.2, 0) is 4.79 Å². The number of carbonyl (C=O) groups is 1. The molecule has 0 aliphatic rings. The predicted molar refractivity (Wildman–Crippen MR) is 61.2 cm³/mol. The Hall–Kier alpha value is -0.740. The minimum absolute atomic E-state index is 0.216. The Morgan fingerprint density at radius 2 is 2.07 bits per heavy atom. The van der Waals surface area contributed by atoms with Crippen molar-refractivity contribution in [2.24, 2.45) is 0 Å². The van der Waals surface area contributed by atoms with Crippen molar-refractivity contribution in [2.45, 2.75) is 57.7 Å². The standard InChI is InChI=1S/C11H22N2O2/c1-3-11(6-4-8-12,7-5-9-14)13-10(2)15/h8-10,12-13,15H,3-7H2,1-2H3. The molecule has 2 unspecified atom stereocenters. The number of hydrogen-bond acceptors (Lipinski definition) is 4. The lowest BCUT2D eigenvalue weighted by Gasteiger charge is -2.35. The molecule has 0 aliphatic heterocycles. The molecule has 4 heteroatoms. The first kappa shape index (κ1) is 14.3. The molecule has 0 aromatic rings. The molecule has 15 heavy (non-hydrogen) atoms. The third kappa shape index (κ3) is 5.64. The molecule has 0 fully saturated rings. The van der Waals surface area contributed by atoms with Crippen molar-refractivity contribution in [3.63, 3.8) is 0 Å². The van der Waals surface area contributed by atoms with Gasteiger partial charge in [0.05, 0.1) is 0 Å². The molecule has 0 amide bonds. The Kier molecular flexibility index (Phi) is 7.17. The largest absolute Gasteiger partial charge is 0.379 e. The maximum absolute atomic E-state index is 10.4. The monoisotopic (exact) mass is 214 g/mol. The maximum Gasteiger partial charge on any atom is 0.120 e. The average molecular weight is 214 g/mol. The van der Waals surface area contributed by atoms with Crippen LogP contribution in [-0.4, -0.2) is 29.4 Å². The average Bonchev–Trinajstić information content (AvgIpc) is 2.22. The van der Waals surface area contributed by atoms with Crippen LogP contribution in [0.3, 0.4) is 0 Å². The fourth-order valence-electron chi connectivity index (χ4n) is 1.85. The molecule has 0 radical (unpaired) electrons. The fourth-order valence-corrected chi connectivity index (χ4v) is 1.85. The topological polar surface area (TPSA) is 73.2 Å². The molecular weight excluding hydrogens is 192 g/mol. The van der Waals surface area contributed by atoms with E-state index < -0.39 is 6.23 Å². The normalized spacial score (nSPS) is 16.7. The van der Waals surface area contributed by atoms with Gasteiger partial charge in [0.15, 0.2) is 0 Å². The molecule has 2 atom stereocenters. The number of aliphatic hydroxyl groups excluding tert-OH is 1. The van der Waals surface area contributed by atoms with Gasteiger partial charge in [-0.15, -0.1) is 0 Å². The van der Waals surface area contributed by atoms with Gasteiger partial charge in [0.2, 0.25) is 0 Å². The van der Waals surface area contributed by atoms with Gasteiger partial charge in [-0.05, 0) is 38.8 Å². The summed E-state index contributed by atoms with van der Waals surface area (Å²) in [5, 5.41) is 19.5. The Balaban J connectivity index is 4.42. The van der Waals surface area contributed by atoms with Gasteiger partial charge in [0.1, 0.15) is 12.5 Å². The zero-order valence-corrected chi connectivity index (χ0v) is 9.62. The van der Waals surface area contributed by atoms with Crippen LogP contribution in [0.4, 0.5) is 0 Å². The molecule has 0 bridgehead atoms. The second-order valence-electron chi connectivity index (χ2n) is 3.90. The van der Waals surface area contributed by atoms with Crippen LogP contribution in [0.2, 0.25) is 0 Å². The van der Waals surface area contributed by atoms with Crippen molar-refractivity contribution < 1.29 is 9.90 Å². The van der Waals surface area contributed by atoms with Gasteiger partial charge >= 0.3 is 0 Å². The van der Waals surface area contributed by atoms with E-state index in [9.17, 15) is 9.90 Å². The van der Waals surface area contributed by atoms with Crippen molar-refractivity contribution in [2.75, 3.05) is 0 Å². The minimum atomic E-state index is -0.581. The van der Waals surface area contributed by atoms with Crippen molar-refractivity contribution in [3.05, 3.63) is 0 Å². The fraction of sp³-hybridized carbons (Fsp3) is 0.818. The molecule has 0 aromatic heterocycles. The van der Waals surface area contributed by atoms with Crippen LogP contribution >= 0.6 is 0 Å². The van der Waals surface area contributed by atoms with Crippen molar-refractivity contribution in [1.82, 2.24) is 5.32 Å². The van der Waals surface area contributed by atoms with E-state index in [-0.39, 0.29) is 5.54 Å². The summed E-state index contributed by atoms with van der Waals surface area (Å²) in [7, 11) is 0. The van der Waals surface area contributed by atoms with E-state index >= 15 is 0 Å². The van der Waals surface area contributed by atoms with Gasteiger partial charge < -0.3 is 15.3 Å². The Labute approximate surface area is 91.6 Å². The first-order valence-electron chi connectivity index (χ1n) is 5.48. The second-order valence-corrected chi connectivity index (χ2v) is 3.90. The Bertz CT molecular complexity index is 181. The molecule has 4 nitrogen and oxygen atoms in total. The smallest absolute Gasteiger partial charge is 0.120 e. The zero-order valence-electron chi connectivity index (χ0n) is 9.62. The van der Waals surface area contributed by atoms with E-state index in [2.05, 4.69) is 5.32 Å². The van der Waals surface area contributed by atoms with Crippen molar-refractivity contribution in [3.8, 4) is 0 Å². The highest BCUT2D eigenvalue weighted by Gasteiger charge is 2.27. The lowest BCUT2D eigenvalue weighted by atomic mass is 9.85. The van der Waals surface area contributed by atoms with E-state index in [0.717, 1.165) is 19.1 Å². The quantitative estimate of drug-likeness (QED) is 0.309. The number of carbonyl (C=O) groups excluding carboxylic acids is 1. The molecule has 0 aromatic carbocycles. The van der Waals surface area contributed by atoms with Crippen LogP contribution in [0.15, 0.2) is 0 Å². The number of nitrogens with one attached hydrogen (secondary N) is 2. The van der Waals surface area contributed by atoms with E-state index in [1.165, 1.54) is 6.21 Å². The SMILES string of the molecule is CCC(CCC=N)(CCC=O)NC(C)O. The summed E-state index contributed by atoms with van der Waals surface area (Å²) in [6.07, 6.45) is 5.20. The van der Waals surface area contributed by atoms with Crippen LogP contribution in [0.5, 0.6) is 0 Å². The van der Waals surface area contributed by atoms with Gasteiger partial charge in [-0.1, -0.05) is 6.92 Å². The van der Waals surface area contributed by atoms with E-state index in [0.29, 0.717) is 19.3 Å². The molecule has 88 valence electrons. The lowest BCUT2D eigenvalue weighted by molar-refractivity contribution is -0.108. The van der Waals surface area contributed by atoms with Gasteiger partial charge in [-0.3, -0.25) is 5.32 Å². The zero-order chi connectivity index (χ0) is 11.7. The molecule has 0 aliphatic carbocycles. The second kappa shape index (κ2) is 7.54. The summed E-state index contributed by atoms with van der Waals surface area (Å²) in [5.41, 5.74) is -0.216. The number of hydrogen-bond donors (Lipinski definition) is 3. The molecule has 0 rings (SSSR count). The summed E-state index contributed by atoms with van der Waals surface area (Å²) < 4.78 is 0. The maximum atomic E-state index is 10.4. The third-order valence-electron chi connectivity index (χ3n) is 2.70. The minimum Gasteiger partial charge on any atom is -0.379 e. The summed E-state index contributed by atoms with van der Waals surface area (Å²) >= 11 is 0. The highest BCUT2D eigenvalue weighted by molar-refractivity contribution is 5.53. The van der Waals surface area contributed by atoms with E-state index in [1.54, 1.807) is 6.92 Å². The van der Waals surface area contributed by atoms with E-state index in [4.69, 9.17) is 5.41 Å². The van der Waals surface area contributed by atoms with Crippen molar-refractivity contribution >= 4 is 12.5 Å². The summed E-state index contributed by atoms with van der Waals surface area (Å²) in [5.74, 6) is 0. The third-order valence-corrected chi connectivity index (χ3v) is 2.70. The van der Waals surface area contributed by atoms with Crippen molar-refractivity contribution in [1.29, 1.82) is 5.41 Å². The number of aldehydes is 1. The number of aliphatic hydroxyl groups is 1. The first-order chi connectivity index (χ1) is 7.10. The predicted octanol–water partition coefficient (Wildman–Crippen LogP) is 1.47. The van der Waals surface area contributed by atoms with Gasteiger partial charge in [-0.25, -0.2) is 0 Å². The highest BCUT2D eigenvalue weighted by atomic mass is 16.3. The summed E-state index contributed by atoms with van der Waals surface area (Å²) in [6, 6.07) is 0. The van der Waals surface area contributed by atoms with Crippen LogP contribution in [0, 0.1) is 5.41 Å². The Morgan fingerprint density at radius 3 is 2.47 bits per heavy atom. The van der Waals surface area contributed by atoms with Crippen LogP contribution < -0.4 is 5.32 Å². The molecule has 0 spiro atoms. The van der Waals surface area contributed by atoms with Crippen LogP contribution in [0.25, 0.3) is 0 Å². The molecule has 0 saturated heterocycles. The van der Waals surface area contributed by atoms with E-state index in [1.807, 2.05) is 6.92 Å². The number of rotatable bonds is 9. The molecular formula is C11H22N2O2. The lowest BCUT2D eigenvalue weighted by Crippen LogP contribution is -2.49. The first-order valence-corrected chi connectivity index (χ1v) is 5.48. The molecule has 0 heterocycles. The van der Waals surface area contributed by atoms with Gasteiger partial charge in [0.25, 0.3) is 0 Å². The molecule has 3 N–H and O–H groups in total. The summed E-state index contributed by atoms with van der Waals surface area (Å²) in [4.78, 5) is 10.4. The van der Waals surface area contributed by atoms with Gasteiger partial charge in [-0.2, -0.15) is 0 Å². The van der Waals surface area contributed by atoms with Gasteiger partial charge in [0, 0.05) is 12.0 Å². The Morgan fingerprint density at radius 1 is 1.47 bits per heavy atom. The van der Waals surface area contributed by atoms with Crippen LogP contribution in [0.1, 0.15) is 46.0 Å². The summed E-state index contributed by atoms with van der Waals surface area (Å²) in [6.45, 7) is 3.71. The highest BCUT2D eigenvalue weighted by Crippen LogP contribution is 2.23. The molecule has 0 saturated carbocycles.